The Morgan fingerprint density at radius 3 is 2.79 bits per heavy atom. The fourth-order valence-electron chi connectivity index (χ4n) is 4.84. The predicted octanol–water partition coefficient (Wildman–Crippen LogP) is 1.98. The lowest BCUT2D eigenvalue weighted by Gasteiger charge is -2.53. The summed E-state index contributed by atoms with van der Waals surface area (Å²) < 4.78 is 0. The molecule has 0 radical (unpaired) electrons. The van der Waals surface area contributed by atoms with Crippen molar-refractivity contribution in [3.8, 4) is 0 Å². The molecule has 0 aromatic heterocycles. The molecule has 0 unspecified atom stereocenters. The number of carbonyl (C=O) groups excluding carboxylic acids is 3. The third-order valence-corrected chi connectivity index (χ3v) is 6.07. The van der Waals surface area contributed by atoms with Crippen molar-refractivity contribution in [3.63, 3.8) is 0 Å². The third kappa shape index (κ3) is 2.49. The van der Waals surface area contributed by atoms with Crippen LogP contribution in [0.3, 0.4) is 0 Å². The number of hydrogen-bond donors (Lipinski definition) is 1. The van der Waals surface area contributed by atoms with E-state index in [1.165, 1.54) is 12.1 Å². The standard InChI is InChI=1S/C19H22N4O5/c1-2-8-22-17(25)19(16(24)20-18(22)26)11-12-10-13(23(27)28)6-7-14(12)21-9-4-3-5-15(19)21/h6-7,10,15H,2-5,8-9,11H2,1H3,(H,20,24,26)/t15-,19-/m0/s1. The van der Waals surface area contributed by atoms with E-state index in [0.29, 0.717) is 24.9 Å². The molecule has 4 rings (SSSR count). The molecule has 0 bridgehead atoms. The van der Waals surface area contributed by atoms with Crippen LogP contribution in [-0.2, 0) is 16.0 Å². The minimum atomic E-state index is -1.44. The van der Waals surface area contributed by atoms with Gasteiger partial charge in [-0.3, -0.25) is 29.9 Å². The number of amides is 4. The van der Waals surface area contributed by atoms with Gasteiger partial charge in [0.1, 0.15) is 0 Å². The molecule has 3 aliphatic rings. The monoisotopic (exact) mass is 386 g/mol. The summed E-state index contributed by atoms with van der Waals surface area (Å²) in [5, 5.41) is 13.6. The van der Waals surface area contributed by atoms with Gasteiger partial charge in [0.15, 0.2) is 5.41 Å². The van der Waals surface area contributed by atoms with Gasteiger partial charge in [0, 0.05) is 37.3 Å². The van der Waals surface area contributed by atoms with Crippen molar-refractivity contribution < 1.29 is 19.3 Å². The number of barbiturate groups is 1. The van der Waals surface area contributed by atoms with Crippen LogP contribution >= 0.6 is 0 Å². The van der Waals surface area contributed by atoms with E-state index in [1.807, 2.05) is 11.8 Å². The van der Waals surface area contributed by atoms with Crippen LogP contribution in [0, 0.1) is 15.5 Å². The number of hydrogen-bond acceptors (Lipinski definition) is 6. The van der Waals surface area contributed by atoms with E-state index in [4.69, 9.17) is 0 Å². The molecule has 0 saturated carbocycles. The number of nitrogens with one attached hydrogen (secondary N) is 1. The van der Waals surface area contributed by atoms with E-state index in [-0.39, 0.29) is 24.7 Å². The van der Waals surface area contributed by atoms with Gasteiger partial charge in [-0.25, -0.2) is 4.79 Å². The van der Waals surface area contributed by atoms with Crippen molar-refractivity contribution in [1.29, 1.82) is 0 Å². The highest BCUT2D eigenvalue weighted by atomic mass is 16.6. The lowest BCUT2D eigenvalue weighted by Crippen LogP contribution is -2.72. The van der Waals surface area contributed by atoms with Gasteiger partial charge >= 0.3 is 6.03 Å². The maximum Gasteiger partial charge on any atom is 0.330 e. The van der Waals surface area contributed by atoms with Crippen molar-refractivity contribution in [1.82, 2.24) is 10.2 Å². The minimum Gasteiger partial charge on any atom is -0.367 e. The van der Waals surface area contributed by atoms with Crippen LogP contribution in [0.25, 0.3) is 0 Å². The zero-order valence-electron chi connectivity index (χ0n) is 15.6. The lowest BCUT2D eigenvalue weighted by molar-refractivity contribution is -0.384. The number of piperidine rings is 1. The molecule has 1 N–H and O–H groups in total. The van der Waals surface area contributed by atoms with Crippen molar-refractivity contribution in [2.24, 2.45) is 5.41 Å². The van der Waals surface area contributed by atoms with E-state index in [0.717, 1.165) is 23.4 Å². The maximum atomic E-state index is 13.5. The number of anilines is 1. The van der Waals surface area contributed by atoms with Crippen LogP contribution in [0.5, 0.6) is 0 Å². The van der Waals surface area contributed by atoms with Crippen LogP contribution in [0.15, 0.2) is 18.2 Å². The molecule has 28 heavy (non-hydrogen) atoms. The summed E-state index contributed by atoms with van der Waals surface area (Å²) in [4.78, 5) is 52.7. The molecule has 2 fully saturated rings. The summed E-state index contributed by atoms with van der Waals surface area (Å²) in [6, 6.07) is 3.56. The fraction of sp³-hybridized carbons (Fsp3) is 0.526. The van der Waals surface area contributed by atoms with Gasteiger partial charge < -0.3 is 4.90 Å². The summed E-state index contributed by atoms with van der Waals surface area (Å²) in [6.45, 7) is 2.75. The Hall–Kier alpha value is -2.97. The van der Waals surface area contributed by atoms with Gasteiger partial charge in [-0.05, 0) is 37.3 Å². The first-order chi connectivity index (χ1) is 13.4. The summed E-state index contributed by atoms with van der Waals surface area (Å²) >= 11 is 0. The van der Waals surface area contributed by atoms with Crippen molar-refractivity contribution in [3.05, 3.63) is 33.9 Å². The van der Waals surface area contributed by atoms with Crippen LogP contribution in [0.2, 0.25) is 0 Å². The number of benzene rings is 1. The smallest absolute Gasteiger partial charge is 0.330 e. The summed E-state index contributed by atoms with van der Waals surface area (Å²) in [5.41, 5.74) is -0.0808. The van der Waals surface area contributed by atoms with Crippen molar-refractivity contribution in [2.75, 3.05) is 18.0 Å². The van der Waals surface area contributed by atoms with Crippen LogP contribution in [-0.4, -0.2) is 46.8 Å². The number of rotatable bonds is 3. The minimum absolute atomic E-state index is 0.0589. The van der Waals surface area contributed by atoms with Crippen molar-refractivity contribution >= 4 is 29.2 Å². The number of nitrogens with zero attached hydrogens (tertiary/aromatic N) is 3. The molecular formula is C19H22N4O5. The molecular weight excluding hydrogens is 364 g/mol. The zero-order chi connectivity index (χ0) is 20.1. The first-order valence-electron chi connectivity index (χ1n) is 9.61. The molecule has 2 atom stereocenters. The van der Waals surface area contributed by atoms with E-state index in [1.54, 1.807) is 6.07 Å². The van der Waals surface area contributed by atoms with E-state index in [9.17, 15) is 24.5 Å². The molecule has 1 spiro atoms. The van der Waals surface area contributed by atoms with Crippen LogP contribution < -0.4 is 10.2 Å². The largest absolute Gasteiger partial charge is 0.367 e. The number of urea groups is 1. The van der Waals surface area contributed by atoms with Crippen LogP contribution in [0.4, 0.5) is 16.2 Å². The molecule has 9 nitrogen and oxygen atoms in total. The van der Waals surface area contributed by atoms with Crippen molar-refractivity contribution in [2.45, 2.75) is 45.1 Å². The Bertz CT molecular complexity index is 885. The van der Waals surface area contributed by atoms with Crippen LogP contribution in [0.1, 0.15) is 38.2 Å². The molecule has 9 heteroatoms. The van der Waals surface area contributed by atoms with Gasteiger partial charge in [0.2, 0.25) is 11.8 Å². The highest BCUT2D eigenvalue weighted by molar-refractivity contribution is 6.20. The van der Waals surface area contributed by atoms with Gasteiger partial charge in [-0.2, -0.15) is 0 Å². The van der Waals surface area contributed by atoms with E-state index >= 15 is 0 Å². The summed E-state index contributed by atoms with van der Waals surface area (Å²) in [5.74, 6) is -1.08. The fourth-order valence-corrected chi connectivity index (χ4v) is 4.84. The van der Waals surface area contributed by atoms with Gasteiger partial charge in [-0.1, -0.05) is 6.92 Å². The Labute approximate surface area is 161 Å². The molecule has 1 aromatic rings. The second-order valence-electron chi connectivity index (χ2n) is 7.64. The molecule has 1 aromatic carbocycles. The van der Waals surface area contributed by atoms with E-state index < -0.39 is 28.2 Å². The number of nitro groups is 1. The quantitative estimate of drug-likeness (QED) is 0.483. The Balaban J connectivity index is 1.87. The molecule has 2 saturated heterocycles. The number of fused-ring (bicyclic) bond motifs is 4. The number of carbonyl (C=O) groups is 3. The van der Waals surface area contributed by atoms with Gasteiger partial charge in [0.05, 0.1) is 11.0 Å². The topological polar surface area (TPSA) is 113 Å². The Morgan fingerprint density at radius 2 is 2.07 bits per heavy atom. The Kier molecular flexibility index (Phi) is 4.32. The first-order valence-corrected chi connectivity index (χ1v) is 9.61. The molecule has 148 valence electrons. The number of imide groups is 2. The average molecular weight is 386 g/mol. The molecule has 3 heterocycles. The maximum absolute atomic E-state index is 13.5. The molecule has 3 aliphatic heterocycles. The number of nitro benzene ring substituents is 1. The predicted molar refractivity (Wildman–Crippen MR) is 99.8 cm³/mol. The molecule has 0 aliphatic carbocycles. The highest BCUT2D eigenvalue weighted by Crippen LogP contribution is 2.48. The second-order valence-corrected chi connectivity index (χ2v) is 7.64. The van der Waals surface area contributed by atoms with Gasteiger partial charge in [0.25, 0.3) is 5.69 Å². The highest BCUT2D eigenvalue weighted by Gasteiger charge is 2.62. The lowest BCUT2D eigenvalue weighted by atomic mass is 9.66. The number of non-ortho nitro benzene ring substituents is 1. The normalized spacial score (nSPS) is 26.8. The zero-order valence-corrected chi connectivity index (χ0v) is 15.6. The summed E-state index contributed by atoms with van der Waals surface area (Å²) in [7, 11) is 0. The SMILES string of the molecule is CCCN1C(=O)NC(=O)[C@@]2(Cc3cc([N+](=O)[O-])ccc3N3CCCC[C@H]32)C1=O. The molecule has 4 amide bonds. The third-order valence-electron chi connectivity index (χ3n) is 6.07. The Morgan fingerprint density at radius 1 is 1.29 bits per heavy atom. The first kappa shape index (κ1) is 18.4. The van der Waals surface area contributed by atoms with E-state index in [2.05, 4.69) is 5.32 Å². The average Bonchev–Trinajstić information content (AvgIpc) is 2.69. The van der Waals surface area contributed by atoms with Gasteiger partial charge in [-0.15, -0.1) is 0 Å². The summed E-state index contributed by atoms with van der Waals surface area (Å²) in [6.07, 6.45) is 3.09. The second kappa shape index (κ2) is 6.57.